The molecule has 4 aromatic rings. The number of aromatic nitrogens is 3. The number of anilines is 1. The van der Waals surface area contributed by atoms with Gasteiger partial charge in [0.15, 0.2) is 22.4 Å². The summed E-state index contributed by atoms with van der Waals surface area (Å²) in [6, 6.07) is 19.0. The van der Waals surface area contributed by atoms with Gasteiger partial charge in [-0.3, -0.25) is 9.36 Å². The minimum absolute atomic E-state index is 0.155. The minimum atomic E-state index is -0.155. The van der Waals surface area contributed by atoms with E-state index in [9.17, 15) is 4.79 Å². The highest BCUT2D eigenvalue weighted by molar-refractivity contribution is 7.99. The first kappa shape index (κ1) is 19.3. The van der Waals surface area contributed by atoms with Crippen molar-refractivity contribution in [2.45, 2.75) is 11.7 Å². The zero-order valence-electron chi connectivity index (χ0n) is 16.4. The number of benzene rings is 2. The van der Waals surface area contributed by atoms with Crippen molar-refractivity contribution in [2.24, 2.45) is 0 Å². The van der Waals surface area contributed by atoms with E-state index in [4.69, 9.17) is 13.9 Å². The average molecular weight is 434 g/mol. The number of carbonyl (C=O) groups excluding carboxylic acids is 1. The van der Waals surface area contributed by atoms with Crippen molar-refractivity contribution < 1.29 is 18.7 Å². The third-order valence-corrected chi connectivity index (χ3v) is 5.60. The zero-order chi connectivity index (χ0) is 21.0. The highest BCUT2D eigenvalue weighted by atomic mass is 32.2. The summed E-state index contributed by atoms with van der Waals surface area (Å²) < 4.78 is 18.1. The van der Waals surface area contributed by atoms with Gasteiger partial charge in [-0.25, -0.2) is 0 Å². The van der Waals surface area contributed by atoms with Crippen molar-refractivity contribution in [2.75, 3.05) is 17.9 Å². The molecule has 1 aliphatic heterocycles. The fourth-order valence-electron chi connectivity index (χ4n) is 3.19. The summed E-state index contributed by atoms with van der Waals surface area (Å²) in [5, 5.41) is 12.1. The van der Waals surface area contributed by atoms with E-state index >= 15 is 0 Å². The van der Waals surface area contributed by atoms with Crippen molar-refractivity contribution >= 4 is 23.4 Å². The molecular formula is C22H18N4O4S. The maximum atomic E-state index is 12.5. The normalized spacial score (nSPS) is 12.1. The van der Waals surface area contributed by atoms with E-state index in [0.717, 1.165) is 5.56 Å². The number of nitrogens with one attached hydrogen (secondary N) is 1. The van der Waals surface area contributed by atoms with Gasteiger partial charge in [0.25, 0.3) is 0 Å². The lowest BCUT2D eigenvalue weighted by molar-refractivity contribution is -0.113. The quantitative estimate of drug-likeness (QED) is 0.439. The number of rotatable bonds is 7. The Morgan fingerprint density at radius 3 is 2.74 bits per heavy atom. The van der Waals surface area contributed by atoms with Gasteiger partial charge in [-0.1, -0.05) is 42.1 Å². The second kappa shape index (κ2) is 8.57. The Morgan fingerprint density at radius 2 is 1.90 bits per heavy atom. The Bertz CT molecular complexity index is 1190. The van der Waals surface area contributed by atoms with Gasteiger partial charge in [0.1, 0.15) is 0 Å². The molecule has 0 atom stereocenters. The largest absolute Gasteiger partial charge is 0.461 e. The third kappa shape index (κ3) is 4.26. The van der Waals surface area contributed by atoms with Crippen LogP contribution in [0.15, 0.2) is 76.5 Å². The lowest BCUT2D eigenvalue weighted by atomic mass is 10.2. The van der Waals surface area contributed by atoms with E-state index in [2.05, 4.69) is 15.5 Å². The molecule has 0 aliphatic carbocycles. The molecule has 0 saturated heterocycles. The van der Waals surface area contributed by atoms with Gasteiger partial charge in [0.05, 0.1) is 18.6 Å². The van der Waals surface area contributed by atoms with Gasteiger partial charge in [-0.2, -0.15) is 0 Å². The number of hydrogen-bond acceptors (Lipinski definition) is 7. The smallest absolute Gasteiger partial charge is 0.234 e. The first-order valence-electron chi connectivity index (χ1n) is 9.59. The molecule has 0 spiro atoms. The molecule has 0 radical (unpaired) electrons. The predicted octanol–water partition coefficient (Wildman–Crippen LogP) is 4.05. The van der Waals surface area contributed by atoms with Crippen LogP contribution in [-0.4, -0.2) is 33.2 Å². The predicted molar refractivity (Wildman–Crippen MR) is 115 cm³/mol. The molecule has 156 valence electrons. The number of thioether (sulfide) groups is 1. The van der Waals surface area contributed by atoms with Crippen molar-refractivity contribution in [3.8, 4) is 23.1 Å². The van der Waals surface area contributed by atoms with E-state index in [0.29, 0.717) is 40.5 Å². The Hall–Kier alpha value is -3.72. The van der Waals surface area contributed by atoms with Gasteiger partial charge < -0.3 is 19.2 Å². The molecule has 2 aromatic heterocycles. The second-order valence-corrected chi connectivity index (χ2v) is 7.70. The van der Waals surface area contributed by atoms with Crippen LogP contribution in [0.5, 0.6) is 11.5 Å². The Morgan fingerprint density at radius 1 is 1.03 bits per heavy atom. The summed E-state index contributed by atoms with van der Waals surface area (Å²) >= 11 is 1.32. The third-order valence-electron chi connectivity index (χ3n) is 4.63. The highest BCUT2D eigenvalue weighted by Gasteiger charge is 2.18. The standard InChI is InChI=1S/C22H18N4O4S/c27-20(23-16-8-9-17-19(11-16)30-14-29-17)13-31-22-25-24-21(18-7-4-10-28-18)26(22)12-15-5-2-1-3-6-15/h1-11H,12-14H2,(H,23,27). The number of furan rings is 1. The van der Waals surface area contributed by atoms with Crippen LogP contribution in [0.4, 0.5) is 5.69 Å². The van der Waals surface area contributed by atoms with Crippen LogP contribution in [0.25, 0.3) is 11.6 Å². The van der Waals surface area contributed by atoms with Crippen molar-refractivity contribution in [3.05, 3.63) is 72.5 Å². The van der Waals surface area contributed by atoms with E-state index in [-0.39, 0.29) is 18.5 Å². The van der Waals surface area contributed by atoms with E-state index in [1.54, 1.807) is 24.5 Å². The second-order valence-electron chi connectivity index (χ2n) is 6.76. The molecule has 1 N–H and O–H groups in total. The molecule has 9 heteroatoms. The minimum Gasteiger partial charge on any atom is -0.461 e. The number of amides is 1. The summed E-state index contributed by atoms with van der Waals surface area (Å²) in [5.74, 6) is 2.56. The van der Waals surface area contributed by atoms with E-state index in [1.165, 1.54) is 11.8 Å². The van der Waals surface area contributed by atoms with Crippen molar-refractivity contribution in [1.29, 1.82) is 0 Å². The number of fused-ring (bicyclic) bond motifs is 1. The number of ether oxygens (including phenoxy) is 2. The van der Waals surface area contributed by atoms with Gasteiger partial charge in [0.2, 0.25) is 18.5 Å². The molecule has 1 aliphatic rings. The van der Waals surface area contributed by atoms with Crippen LogP contribution in [0.3, 0.4) is 0 Å². The topological polar surface area (TPSA) is 91.4 Å². The Labute approximate surface area is 182 Å². The van der Waals surface area contributed by atoms with Crippen molar-refractivity contribution in [3.63, 3.8) is 0 Å². The van der Waals surface area contributed by atoms with Crippen LogP contribution in [0.2, 0.25) is 0 Å². The molecular weight excluding hydrogens is 416 g/mol. The Kier molecular flexibility index (Phi) is 5.32. The van der Waals surface area contributed by atoms with Gasteiger partial charge in [0, 0.05) is 11.8 Å². The molecule has 1 amide bonds. The maximum Gasteiger partial charge on any atom is 0.234 e. The molecule has 0 unspecified atom stereocenters. The lowest BCUT2D eigenvalue weighted by Gasteiger charge is -2.10. The van der Waals surface area contributed by atoms with Gasteiger partial charge in [-0.05, 0) is 29.8 Å². The highest BCUT2D eigenvalue weighted by Crippen LogP contribution is 2.34. The number of hydrogen-bond donors (Lipinski definition) is 1. The van der Waals surface area contributed by atoms with Crippen LogP contribution in [0.1, 0.15) is 5.56 Å². The van der Waals surface area contributed by atoms with Crippen LogP contribution >= 0.6 is 11.8 Å². The fourth-order valence-corrected chi connectivity index (χ4v) is 3.93. The zero-order valence-corrected chi connectivity index (χ0v) is 17.2. The average Bonchev–Trinajstić information content (AvgIpc) is 3.54. The van der Waals surface area contributed by atoms with Gasteiger partial charge in [-0.15, -0.1) is 10.2 Å². The van der Waals surface area contributed by atoms with Crippen LogP contribution in [0, 0.1) is 0 Å². The lowest BCUT2D eigenvalue weighted by Crippen LogP contribution is -2.14. The van der Waals surface area contributed by atoms with Gasteiger partial charge >= 0.3 is 0 Å². The van der Waals surface area contributed by atoms with E-state index in [1.807, 2.05) is 47.0 Å². The molecule has 8 nitrogen and oxygen atoms in total. The molecule has 2 aromatic carbocycles. The summed E-state index contributed by atoms with van der Waals surface area (Å²) in [4.78, 5) is 12.5. The van der Waals surface area contributed by atoms with E-state index < -0.39 is 0 Å². The van der Waals surface area contributed by atoms with Crippen LogP contribution in [-0.2, 0) is 11.3 Å². The molecule has 0 saturated carbocycles. The molecule has 3 heterocycles. The maximum absolute atomic E-state index is 12.5. The molecule has 0 fully saturated rings. The van der Waals surface area contributed by atoms with Crippen molar-refractivity contribution in [1.82, 2.24) is 14.8 Å². The molecule has 0 bridgehead atoms. The summed E-state index contributed by atoms with van der Waals surface area (Å²) in [7, 11) is 0. The summed E-state index contributed by atoms with van der Waals surface area (Å²) in [6.45, 7) is 0.758. The number of nitrogens with zero attached hydrogens (tertiary/aromatic N) is 3. The Balaban J connectivity index is 1.31. The summed E-state index contributed by atoms with van der Waals surface area (Å²) in [6.07, 6.45) is 1.60. The SMILES string of the molecule is O=C(CSc1nnc(-c2ccco2)n1Cc1ccccc1)Nc1ccc2c(c1)OCO2. The monoisotopic (exact) mass is 434 g/mol. The van der Waals surface area contributed by atoms with Crippen LogP contribution < -0.4 is 14.8 Å². The molecule has 31 heavy (non-hydrogen) atoms. The summed E-state index contributed by atoms with van der Waals surface area (Å²) in [5.41, 5.74) is 1.75. The number of carbonyl (C=O) groups is 1. The first-order chi connectivity index (χ1) is 15.3. The fraction of sp³-hybridized carbons (Fsp3) is 0.136. The first-order valence-corrected chi connectivity index (χ1v) is 10.6. The molecule has 5 rings (SSSR count).